The number of nitrogens with one attached hydrogen (secondary N) is 1. The number of nitrogens with zero attached hydrogens (tertiary/aromatic N) is 2. The Morgan fingerprint density at radius 3 is 2.61 bits per heavy atom. The minimum Gasteiger partial charge on any atom is -0.462 e. The number of benzene rings is 2. The predicted octanol–water partition coefficient (Wildman–Crippen LogP) is 5.80. The minimum atomic E-state index is -0.593. The van der Waals surface area contributed by atoms with E-state index in [1.807, 2.05) is 44.1 Å². The van der Waals surface area contributed by atoms with E-state index in [1.165, 1.54) is 18.2 Å². The van der Waals surface area contributed by atoms with E-state index in [-0.39, 0.29) is 22.1 Å². The molecule has 0 unspecified atom stereocenters. The smallest absolute Gasteiger partial charge is 0.339 e. The maximum absolute atomic E-state index is 12.8. The van der Waals surface area contributed by atoms with Gasteiger partial charge in [0.1, 0.15) is 6.54 Å². The molecule has 3 amide bonds. The zero-order valence-electron chi connectivity index (χ0n) is 20.0. The van der Waals surface area contributed by atoms with E-state index < -0.39 is 29.6 Å². The van der Waals surface area contributed by atoms with Crippen LogP contribution in [-0.2, 0) is 14.3 Å². The summed E-state index contributed by atoms with van der Waals surface area (Å²) >= 11 is 10.4. The number of anilines is 2. The quantitative estimate of drug-likeness (QED) is 0.223. The summed E-state index contributed by atoms with van der Waals surface area (Å²) in [5.74, 6) is -1.74. The Labute approximate surface area is 227 Å². The molecule has 0 aliphatic carbocycles. The number of ether oxygens (including phenoxy) is 1. The average Bonchev–Trinajstić information content (AvgIpc) is 3.07. The molecule has 0 atom stereocenters. The van der Waals surface area contributed by atoms with Crippen molar-refractivity contribution in [1.29, 1.82) is 0 Å². The second-order valence-electron chi connectivity index (χ2n) is 8.11. The van der Waals surface area contributed by atoms with Gasteiger partial charge in [-0.25, -0.2) is 4.79 Å². The van der Waals surface area contributed by atoms with E-state index in [0.717, 1.165) is 45.2 Å². The molecule has 8 nitrogen and oxygen atoms in total. The number of rotatable bonds is 9. The van der Waals surface area contributed by atoms with Crippen molar-refractivity contribution in [3.8, 4) is 0 Å². The Morgan fingerprint density at radius 2 is 1.94 bits per heavy atom. The lowest BCUT2D eigenvalue weighted by Crippen LogP contribution is -2.36. The van der Waals surface area contributed by atoms with Crippen LogP contribution in [0.25, 0.3) is 6.08 Å². The maximum atomic E-state index is 12.8. The van der Waals surface area contributed by atoms with Crippen LogP contribution in [0.5, 0.6) is 0 Å². The van der Waals surface area contributed by atoms with Crippen LogP contribution in [0.2, 0.25) is 5.02 Å². The number of hydrogen-bond acceptors (Lipinski definition) is 7. The van der Waals surface area contributed by atoms with Gasteiger partial charge in [-0.15, -0.1) is 0 Å². The maximum Gasteiger partial charge on any atom is 0.339 e. The van der Waals surface area contributed by atoms with Crippen LogP contribution in [0.15, 0.2) is 45.8 Å². The van der Waals surface area contributed by atoms with Crippen molar-refractivity contribution in [2.45, 2.75) is 19.8 Å². The Morgan fingerprint density at radius 1 is 1.19 bits per heavy atom. The molecule has 1 saturated heterocycles. The minimum absolute atomic E-state index is 0.117. The van der Waals surface area contributed by atoms with Gasteiger partial charge >= 0.3 is 5.97 Å². The van der Waals surface area contributed by atoms with Gasteiger partial charge in [-0.05, 0) is 76.1 Å². The predicted molar refractivity (Wildman–Crippen MR) is 146 cm³/mol. The molecule has 1 aliphatic heterocycles. The van der Waals surface area contributed by atoms with Crippen molar-refractivity contribution in [2.24, 2.45) is 0 Å². The Bertz CT molecular complexity index is 1230. The monoisotopic (exact) mass is 593 g/mol. The number of hydrogen-bond donors (Lipinski definition) is 1. The van der Waals surface area contributed by atoms with Crippen molar-refractivity contribution in [2.75, 3.05) is 37.5 Å². The number of thioether (sulfide) groups is 1. The largest absolute Gasteiger partial charge is 0.462 e. The molecule has 3 rings (SSSR count). The molecule has 0 bridgehead atoms. The van der Waals surface area contributed by atoms with Gasteiger partial charge < -0.3 is 15.0 Å². The molecule has 1 heterocycles. The van der Waals surface area contributed by atoms with Gasteiger partial charge in [-0.2, -0.15) is 0 Å². The molecule has 1 aliphatic rings. The van der Waals surface area contributed by atoms with Gasteiger partial charge in [-0.1, -0.05) is 31.0 Å². The third kappa shape index (κ3) is 6.89. The van der Waals surface area contributed by atoms with E-state index in [9.17, 15) is 19.2 Å². The first-order valence-electron chi connectivity index (χ1n) is 11.1. The fraction of sp³-hybridized carbons (Fsp3) is 0.280. The van der Waals surface area contributed by atoms with Crippen LogP contribution < -0.4 is 10.2 Å². The van der Waals surface area contributed by atoms with Gasteiger partial charge in [0.05, 0.1) is 27.8 Å². The van der Waals surface area contributed by atoms with Crippen LogP contribution in [0.3, 0.4) is 0 Å². The summed E-state index contributed by atoms with van der Waals surface area (Å²) in [6.45, 7) is 1.78. The summed E-state index contributed by atoms with van der Waals surface area (Å²) in [7, 11) is 3.83. The van der Waals surface area contributed by atoms with Gasteiger partial charge in [0.25, 0.3) is 11.1 Å². The lowest BCUT2D eigenvalue weighted by molar-refractivity contribution is -0.127. The summed E-state index contributed by atoms with van der Waals surface area (Å²) in [5, 5.41) is 2.25. The van der Waals surface area contributed by atoms with Crippen molar-refractivity contribution in [1.82, 2.24) is 4.90 Å². The summed E-state index contributed by atoms with van der Waals surface area (Å²) < 4.78 is 6.03. The van der Waals surface area contributed by atoms with Crippen molar-refractivity contribution in [3.05, 3.63) is 61.9 Å². The highest BCUT2D eigenvalue weighted by molar-refractivity contribution is 9.10. The molecule has 2 aromatic rings. The molecule has 0 spiro atoms. The lowest BCUT2D eigenvalue weighted by atomic mass is 10.2. The van der Waals surface area contributed by atoms with E-state index in [2.05, 4.69) is 21.2 Å². The number of unbranched alkanes of at least 4 members (excludes halogenated alkanes) is 1. The number of amides is 3. The second-order valence-corrected chi connectivity index (χ2v) is 10.4. The number of esters is 1. The third-order valence-corrected chi connectivity index (χ3v) is 7.00. The molecule has 2 aromatic carbocycles. The zero-order valence-corrected chi connectivity index (χ0v) is 23.1. The van der Waals surface area contributed by atoms with Crippen LogP contribution in [0, 0.1) is 0 Å². The number of halogens is 2. The summed E-state index contributed by atoms with van der Waals surface area (Å²) in [5.41, 5.74) is 2.12. The third-order valence-electron chi connectivity index (χ3n) is 5.13. The molecule has 0 saturated carbocycles. The first kappa shape index (κ1) is 27.8. The van der Waals surface area contributed by atoms with E-state index in [0.29, 0.717) is 5.69 Å². The molecule has 1 N–H and O–H groups in total. The van der Waals surface area contributed by atoms with Gasteiger partial charge in [0.15, 0.2) is 0 Å². The fourth-order valence-corrected chi connectivity index (χ4v) is 5.04. The topological polar surface area (TPSA) is 96.0 Å². The zero-order chi connectivity index (χ0) is 26.4. The van der Waals surface area contributed by atoms with Crippen LogP contribution in [0.4, 0.5) is 16.2 Å². The molecular formula is C25H25BrClN3O5S. The molecule has 36 heavy (non-hydrogen) atoms. The van der Waals surface area contributed by atoms with E-state index >= 15 is 0 Å². The van der Waals surface area contributed by atoms with Crippen molar-refractivity contribution in [3.63, 3.8) is 0 Å². The highest BCUT2D eigenvalue weighted by atomic mass is 79.9. The summed E-state index contributed by atoms with van der Waals surface area (Å²) in [6, 6.07) is 9.97. The Balaban J connectivity index is 1.67. The molecule has 1 fully saturated rings. The standard InChI is InChI=1S/C25H25BrClN3O5S/c1-4-5-10-35-24(33)17-13-16(7-8-19(17)27)28-22(31)14-30-23(32)21(36-25(30)34)12-15-6-9-20(29(2)3)18(26)11-15/h6-9,11-13H,4-5,10,14H2,1-3H3,(H,28,31)/b21-12-. The summed E-state index contributed by atoms with van der Waals surface area (Å²) in [6.07, 6.45) is 3.22. The summed E-state index contributed by atoms with van der Waals surface area (Å²) in [4.78, 5) is 53.2. The highest BCUT2D eigenvalue weighted by Gasteiger charge is 2.36. The van der Waals surface area contributed by atoms with Crippen LogP contribution in [0.1, 0.15) is 35.7 Å². The van der Waals surface area contributed by atoms with Crippen LogP contribution in [-0.4, -0.2) is 55.2 Å². The van der Waals surface area contributed by atoms with E-state index in [1.54, 1.807) is 6.08 Å². The number of carbonyl (C=O) groups excluding carboxylic acids is 4. The molecule has 0 aromatic heterocycles. The Hall–Kier alpha value is -2.82. The molecule has 11 heteroatoms. The fourth-order valence-electron chi connectivity index (χ4n) is 3.25. The average molecular weight is 595 g/mol. The van der Waals surface area contributed by atoms with Gasteiger partial charge in [-0.3, -0.25) is 19.3 Å². The van der Waals surface area contributed by atoms with Gasteiger partial charge in [0.2, 0.25) is 5.91 Å². The van der Waals surface area contributed by atoms with Crippen molar-refractivity contribution < 1.29 is 23.9 Å². The number of imide groups is 1. The SMILES string of the molecule is CCCCOC(=O)c1cc(NC(=O)CN2C(=O)S/C(=C\c3ccc(N(C)C)c(Br)c3)C2=O)ccc1Cl. The number of carbonyl (C=O) groups is 4. The normalized spacial score (nSPS) is 14.4. The molecule has 0 radical (unpaired) electrons. The van der Waals surface area contributed by atoms with E-state index in [4.69, 9.17) is 16.3 Å². The van der Waals surface area contributed by atoms with Gasteiger partial charge in [0, 0.05) is 24.3 Å². The second kappa shape index (κ2) is 12.4. The highest BCUT2D eigenvalue weighted by Crippen LogP contribution is 2.34. The molecule has 190 valence electrons. The van der Waals surface area contributed by atoms with Crippen molar-refractivity contribution >= 4 is 79.8 Å². The Kier molecular flexibility index (Phi) is 9.58. The lowest BCUT2D eigenvalue weighted by Gasteiger charge is -2.15. The first-order valence-corrected chi connectivity index (χ1v) is 13.1. The first-order chi connectivity index (χ1) is 17.1. The molecular weight excluding hydrogens is 570 g/mol. The van der Waals surface area contributed by atoms with Crippen LogP contribution >= 0.6 is 39.3 Å².